The van der Waals surface area contributed by atoms with Gasteiger partial charge < -0.3 is 54.1 Å². The minimum atomic E-state index is -0.861. The predicted molar refractivity (Wildman–Crippen MR) is 572 cm³/mol. The van der Waals surface area contributed by atoms with Crippen LogP contribution in [0.15, 0.2) is 146 Å². The first-order valence-electron chi connectivity index (χ1n) is 49.8. The van der Waals surface area contributed by atoms with E-state index in [1.54, 1.807) is 0 Å². The van der Waals surface area contributed by atoms with E-state index in [0.717, 1.165) is 78.0 Å². The summed E-state index contributed by atoms with van der Waals surface area (Å²) in [6.45, 7) is 91.4. The Balaban J connectivity index is -0.000000537. The van der Waals surface area contributed by atoms with Crippen LogP contribution in [0.3, 0.4) is 0 Å². The molecule has 712 valence electrons. The van der Waals surface area contributed by atoms with Crippen LogP contribution in [0.5, 0.6) is 0 Å². The van der Waals surface area contributed by atoms with Crippen LogP contribution in [0.2, 0.25) is 19.6 Å². The molecule has 2 fully saturated rings. The molecule has 0 amide bonds. The zero-order valence-electron chi connectivity index (χ0n) is 94.4. The van der Waals surface area contributed by atoms with Gasteiger partial charge in [0.1, 0.15) is 0 Å². The van der Waals surface area contributed by atoms with Gasteiger partial charge in [-0.1, -0.05) is 457 Å². The molecule has 5 heterocycles. The molecule has 11 rings (SSSR count). The number of unbranched alkanes of at least 4 members (excludes halogenated alkanes) is 4. The van der Waals surface area contributed by atoms with Crippen LogP contribution >= 0.6 is 0 Å². The van der Waals surface area contributed by atoms with Gasteiger partial charge in [-0.05, 0) is 249 Å². The molecule has 2 saturated heterocycles. The molecule has 0 atom stereocenters. The molecule has 0 N–H and O–H groups in total. The number of nitrogens with zero attached hydrogens (tertiary/aromatic N) is 6. The van der Waals surface area contributed by atoms with E-state index in [1.807, 2.05) is 18.2 Å². The molecule has 3 aromatic heterocycles. The molecular weight excluding hydrogens is 1830 g/mol. The molecule has 2 aliphatic heterocycles. The average Bonchev–Trinajstić information content (AvgIpc) is 0.895. The number of para-hydroxylation sites is 3. The van der Waals surface area contributed by atoms with Crippen molar-refractivity contribution < 1.29 is 115 Å². The van der Waals surface area contributed by atoms with Gasteiger partial charge in [0.15, 0.2) is 0 Å². The van der Waals surface area contributed by atoms with Gasteiger partial charge >= 0.3 is 98.1 Å². The Hall–Kier alpha value is -4.38. The van der Waals surface area contributed by atoms with Crippen molar-refractivity contribution in [3.05, 3.63) is 252 Å². The SMILES string of the molecule is C1CCOC1.C1CCOC1.CC(C)c1cc(C(C)C)c(-c2cccc([N-]c3c(C(C)C)cccc3C(C)C)n2)c(C(C)C)c1.CC(C)c1cc(C(C)C)c(-c2cccc([N-]c3c(C(C)C)cccc3C(C)C)n2)c(C(C)C)c1.CC(C)c1cc(C(C)C)c(-c2cccc([N-]c3c(C(C)C)cccc3C(C)C)n2)c(C(C)C)c1.CCCCC.CCCCC.[CH2-][Si](C)(C)C.[H-].[H-].[H-].[H-].[H-].[Y+3].[Y+3].[Y+3]. The van der Waals surface area contributed by atoms with Gasteiger partial charge in [-0.25, -0.2) is 0 Å². The van der Waals surface area contributed by atoms with E-state index in [0.29, 0.717) is 88.8 Å². The van der Waals surface area contributed by atoms with Crippen molar-refractivity contribution in [3.8, 4) is 33.8 Å². The molecule has 0 saturated carbocycles. The number of rotatable bonds is 28. The van der Waals surface area contributed by atoms with E-state index >= 15 is 0 Å². The summed E-state index contributed by atoms with van der Waals surface area (Å²) in [5, 5.41) is 15.5. The number of hydrogen-bond acceptors (Lipinski definition) is 5. The molecule has 2 aliphatic rings. The third-order valence-electron chi connectivity index (χ3n) is 23.1. The first-order chi connectivity index (χ1) is 59.8. The van der Waals surface area contributed by atoms with Crippen LogP contribution in [0.1, 0.15) is 479 Å². The van der Waals surface area contributed by atoms with Gasteiger partial charge in [-0.2, -0.15) is 0 Å². The minimum Gasteiger partial charge on any atom is -1.00 e. The first kappa shape index (κ1) is 124. The van der Waals surface area contributed by atoms with Crippen LogP contribution in [-0.2, 0) is 108 Å². The number of pyridine rings is 3. The quantitative estimate of drug-likeness (QED) is 0.0359. The van der Waals surface area contributed by atoms with Crippen LogP contribution in [0.4, 0.5) is 34.5 Å². The van der Waals surface area contributed by atoms with Gasteiger partial charge in [0.05, 0.1) is 0 Å². The van der Waals surface area contributed by atoms with E-state index in [9.17, 15) is 0 Å². The Morgan fingerprint density at radius 3 is 0.554 bits per heavy atom. The molecule has 0 radical (unpaired) electrons. The summed E-state index contributed by atoms with van der Waals surface area (Å²) in [5.74, 6) is 8.80. The number of aromatic nitrogens is 3. The Morgan fingerprint density at radius 1 is 0.269 bits per heavy atom. The maximum Gasteiger partial charge on any atom is 3.00 e. The fraction of sp³-hybridized carbons (Fsp3) is 0.559. The van der Waals surface area contributed by atoms with Gasteiger partial charge in [-0.15, -0.1) is 8.07 Å². The third-order valence-corrected chi connectivity index (χ3v) is 23.1. The Kier molecular flexibility index (Phi) is 60.1. The molecule has 0 aliphatic carbocycles. The van der Waals surface area contributed by atoms with E-state index in [4.69, 9.17) is 40.4 Å². The minimum absolute atomic E-state index is 0. The normalized spacial score (nSPS) is 12.3. The molecule has 130 heavy (non-hydrogen) atoms. The second-order valence-corrected chi connectivity index (χ2v) is 46.4. The van der Waals surface area contributed by atoms with Gasteiger partial charge in [0, 0.05) is 26.4 Å². The summed E-state index contributed by atoms with van der Waals surface area (Å²) >= 11 is 0. The zero-order chi connectivity index (χ0) is 95.3. The molecule has 0 bridgehead atoms. The number of hydrogen-bond donors (Lipinski definition) is 0. The van der Waals surface area contributed by atoms with Crippen LogP contribution in [0, 0.1) is 6.55 Å². The Bertz CT molecular complexity index is 4060. The maximum absolute atomic E-state index is 5.15. The van der Waals surface area contributed by atoms with Gasteiger partial charge in [0.25, 0.3) is 0 Å². The molecule has 12 heteroatoms. The van der Waals surface area contributed by atoms with E-state index in [1.165, 1.54) is 164 Å². The van der Waals surface area contributed by atoms with E-state index < -0.39 is 8.07 Å². The summed E-state index contributed by atoms with van der Waals surface area (Å²) in [7, 11) is -0.861. The van der Waals surface area contributed by atoms with Crippen molar-refractivity contribution in [2.75, 3.05) is 26.4 Å². The largest absolute Gasteiger partial charge is 3.00 e. The predicted octanol–water partition coefficient (Wildman–Crippen LogP) is 40.3. The Morgan fingerprint density at radius 2 is 0.431 bits per heavy atom. The number of benzene rings is 6. The summed E-state index contributed by atoms with van der Waals surface area (Å²) in [5.41, 5.74) is 30.4. The third kappa shape index (κ3) is 40.7. The van der Waals surface area contributed by atoms with Crippen LogP contribution < -0.4 is 0 Å². The van der Waals surface area contributed by atoms with Crippen LogP contribution in [0.25, 0.3) is 49.7 Å². The smallest absolute Gasteiger partial charge is 1.00 e. The number of ether oxygens (including phenoxy) is 2. The molecule has 0 spiro atoms. The van der Waals surface area contributed by atoms with Crippen molar-refractivity contribution in [1.82, 2.24) is 15.0 Å². The van der Waals surface area contributed by atoms with E-state index in [-0.39, 0.29) is 105 Å². The van der Waals surface area contributed by atoms with Crippen molar-refractivity contribution >= 4 is 42.6 Å². The summed E-state index contributed by atoms with van der Waals surface area (Å²) in [6.07, 6.45) is 13.3. The fourth-order valence-electron chi connectivity index (χ4n) is 15.6. The molecule has 9 aromatic rings. The van der Waals surface area contributed by atoms with Gasteiger partial charge in [-0.3, -0.25) is 0 Å². The molecule has 6 aromatic carbocycles. The second-order valence-electron chi connectivity index (χ2n) is 41.3. The summed E-state index contributed by atoms with van der Waals surface area (Å²) < 4.78 is 9.89. The van der Waals surface area contributed by atoms with Crippen molar-refractivity contribution in [1.29, 1.82) is 0 Å². The van der Waals surface area contributed by atoms with Crippen molar-refractivity contribution in [2.24, 2.45) is 0 Å². The second kappa shape index (κ2) is 63.2. The average molecular weight is 2010 g/mol. The Labute approximate surface area is 883 Å². The zero-order valence-corrected chi connectivity index (χ0v) is 98.9. The van der Waals surface area contributed by atoms with E-state index in [2.05, 4.69) is 389 Å². The molecule has 0 unspecified atom stereocenters. The molecular formula is C118H185N6O2SiY3. The first-order valence-corrected chi connectivity index (χ1v) is 53.6. The maximum atomic E-state index is 5.15. The van der Waals surface area contributed by atoms with Crippen LogP contribution in [-0.4, -0.2) is 49.5 Å². The standard InChI is InChI=1S/3C32H43N2.2C5H12.2C4H8O.C4H11Si.3Y.5H/c3*1-19(2)24-17-27(22(7)8)31(28(18-24)23(9)10)29-15-12-16-30(33-29)34-32-25(20(3)4)13-11-14-26(32)21(5)6;2*1-3-5-4-2;2*1-2-4-5-3-1;1-5(2,3)4;;;;;;;;/h3*11-23H,1-10H3;2*3-5H2,1-2H3;2*1-4H2;1H2,2-4H3;;;;;;;;/q3*-1;;;;;-1;3*+3;5*-1. The monoisotopic (exact) mass is 2010 g/mol. The van der Waals surface area contributed by atoms with Gasteiger partial charge in [0.2, 0.25) is 0 Å². The summed E-state index contributed by atoms with van der Waals surface area (Å²) in [6, 6.07) is 53.0. The van der Waals surface area contributed by atoms with Crippen molar-refractivity contribution in [3.63, 3.8) is 0 Å². The van der Waals surface area contributed by atoms with Crippen molar-refractivity contribution in [2.45, 2.75) is 408 Å². The topological polar surface area (TPSA) is 99.4 Å². The molecule has 8 nitrogen and oxygen atoms in total. The summed E-state index contributed by atoms with van der Waals surface area (Å²) in [4.78, 5) is 15.4. The fourth-order valence-corrected chi connectivity index (χ4v) is 15.6.